The molecule has 1 atom stereocenters. The van der Waals surface area contributed by atoms with Crippen molar-refractivity contribution >= 4 is 50.2 Å². The minimum absolute atomic E-state index is 0.0703. The Balaban J connectivity index is 2.76. The summed E-state index contributed by atoms with van der Waals surface area (Å²) in [5.74, 6) is 0. The molecule has 0 aliphatic carbocycles. The molecule has 0 aliphatic rings. The van der Waals surface area contributed by atoms with E-state index in [2.05, 4.69) is 25.9 Å². The molecule has 2 aromatic rings. The Labute approximate surface area is 106 Å². The predicted molar refractivity (Wildman–Crippen MR) is 66.9 cm³/mol. The quantitative estimate of drug-likeness (QED) is 0.730. The van der Waals surface area contributed by atoms with Crippen LogP contribution in [0.4, 0.5) is 0 Å². The smallest absolute Gasteiger partial charge is 0.152 e. The van der Waals surface area contributed by atoms with Gasteiger partial charge in [0, 0.05) is 0 Å². The Hall–Kier alpha value is -0.380. The van der Waals surface area contributed by atoms with E-state index in [1.165, 1.54) is 0 Å². The van der Waals surface area contributed by atoms with Gasteiger partial charge < -0.3 is 0 Å². The fourth-order valence-electron chi connectivity index (χ4n) is 1.29. The Morgan fingerprint density at radius 1 is 1.27 bits per heavy atom. The van der Waals surface area contributed by atoms with E-state index in [9.17, 15) is 0 Å². The van der Waals surface area contributed by atoms with Gasteiger partial charge in [0.15, 0.2) is 5.15 Å². The summed E-state index contributed by atoms with van der Waals surface area (Å²) in [5.41, 5.74) is 2.13. The van der Waals surface area contributed by atoms with Crippen LogP contribution in [-0.4, -0.2) is 9.97 Å². The molecule has 0 amide bonds. The molecule has 0 saturated carbocycles. The van der Waals surface area contributed by atoms with Crippen molar-refractivity contribution in [3.63, 3.8) is 0 Å². The maximum atomic E-state index is 6.01. The highest BCUT2D eigenvalue weighted by atomic mass is 79.9. The average Bonchev–Trinajstić information content (AvgIpc) is 2.18. The molecule has 0 spiro atoms. The number of aromatic nitrogens is 2. The van der Waals surface area contributed by atoms with Gasteiger partial charge in [-0.3, -0.25) is 0 Å². The van der Waals surface area contributed by atoms with Crippen molar-refractivity contribution in [2.24, 2.45) is 0 Å². The zero-order valence-electron chi connectivity index (χ0n) is 7.84. The molecule has 1 heterocycles. The second-order valence-corrected chi connectivity index (χ2v) is 5.26. The van der Waals surface area contributed by atoms with Gasteiger partial charge in [0.1, 0.15) is 5.52 Å². The molecule has 1 aromatic carbocycles. The van der Waals surface area contributed by atoms with E-state index in [4.69, 9.17) is 23.2 Å². The molecular weight excluding hydrogens is 299 g/mol. The van der Waals surface area contributed by atoms with Crippen molar-refractivity contribution in [3.8, 4) is 0 Å². The van der Waals surface area contributed by atoms with Gasteiger partial charge in [-0.15, -0.1) is 0 Å². The zero-order chi connectivity index (χ0) is 11.0. The number of fused-ring (bicyclic) bond motifs is 1. The van der Waals surface area contributed by atoms with Crippen LogP contribution < -0.4 is 0 Å². The largest absolute Gasteiger partial charge is 0.247 e. The summed E-state index contributed by atoms with van der Waals surface area (Å²) in [5, 5.41) is 0.954. The van der Waals surface area contributed by atoms with Crippen LogP contribution >= 0.6 is 39.1 Å². The maximum Gasteiger partial charge on any atom is 0.152 e. The third-order valence-corrected chi connectivity index (χ3v) is 3.02. The molecule has 5 heteroatoms. The molecule has 2 nitrogen and oxygen atoms in total. The Morgan fingerprint density at radius 2 is 2.00 bits per heavy atom. The first kappa shape index (κ1) is 11.1. The maximum absolute atomic E-state index is 6.01. The minimum Gasteiger partial charge on any atom is -0.247 e. The van der Waals surface area contributed by atoms with Crippen molar-refractivity contribution < 1.29 is 0 Å². The number of hydrogen-bond acceptors (Lipinski definition) is 2. The highest BCUT2D eigenvalue weighted by Crippen LogP contribution is 2.29. The highest BCUT2D eigenvalue weighted by molar-refractivity contribution is 9.09. The molecule has 0 saturated heterocycles. The van der Waals surface area contributed by atoms with Crippen LogP contribution in [0.25, 0.3) is 11.0 Å². The molecule has 78 valence electrons. The number of para-hydroxylation sites is 1. The SMILES string of the molecule is CC(Br)c1nc2cccc(Cl)c2nc1Cl. The fraction of sp³-hybridized carbons (Fsp3) is 0.200. The van der Waals surface area contributed by atoms with Gasteiger partial charge in [-0.2, -0.15) is 0 Å². The van der Waals surface area contributed by atoms with Crippen molar-refractivity contribution in [3.05, 3.63) is 34.1 Å². The normalized spacial score (nSPS) is 13.1. The molecular formula is C10H7BrCl2N2. The fourth-order valence-corrected chi connectivity index (χ4v) is 2.24. The van der Waals surface area contributed by atoms with Gasteiger partial charge in [-0.1, -0.05) is 45.2 Å². The Morgan fingerprint density at radius 3 is 2.67 bits per heavy atom. The first-order valence-electron chi connectivity index (χ1n) is 4.35. The second-order valence-electron chi connectivity index (χ2n) is 3.12. The lowest BCUT2D eigenvalue weighted by molar-refractivity contribution is 1.02. The first-order chi connectivity index (χ1) is 7.09. The van der Waals surface area contributed by atoms with Crippen LogP contribution in [0.1, 0.15) is 17.4 Å². The number of rotatable bonds is 1. The topological polar surface area (TPSA) is 25.8 Å². The van der Waals surface area contributed by atoms with Gasteiger partial charge in [0.2, 0.25) is 0 Å². The third kappa shape index (κ3) is 2.10. The van der Waals surface area contributed by atoms with Crippen LogP contribution in [-0.2, 0) is 0 Å². The highest BCUT2D eigenvalue weighted by Gasteiger charge is 2.12. The van der Waals surface area contributed by atoms with Crippen molar-refractivity contribution in [2.45, 2.75) is 11.8 Å². The number of halogens is 3. The van der Waals surface area contributed by atoms with Crippen molar-refractivity contribution in [1.29, 1.82) is 0 Å². The summed E-state index contributed by atoms with van der Waals surface area (Å²) in [4.78, 5) is 8.72. The van der Waals surface area contributed by atoms with Gasteiger partial charge >= 0.3 is 0 Å². The van der Waals surface area contributed by atoms with Crippen LogP contribution in [0.3, 0.4) is 0 Å². The van der Waals surface area contributed by atoms with E-state index in [-0.39, 0.29) is 4.83 Å². The van der Waals surface area contributed by atoms with Gasteiger partial charge in [-0.25, -0.2) is 9.97 Å². The van der Waals surface area contributed by atoms with Crippen LogP contribution in [0, 0.1) is 0 Å². The molecule has 0 radical (unpaired) electrons. The van der Waals surface area contributed by atoms with Gasteiger partial charge in [0.05, 0.1) is 21.1 Å². The summed E-state index contributed by atoms with van der Waals surface area (Å²) in [6, 6.07) is 5.48. The summed E-state index contributed by atoms with van der Waals surface area (Å²) in [6.45, 7) is 1.95. The Kier molecular flexibility index (Phi) is 3.14. The van der Waals surface area contributed by atoms with E-state index in [0.29, 0.717) is 15.7 Å². The second kappa shape index (κ2) is 4.24. The monoisotopic (exact) mass is 304 g/mol. The summed E-state index contributed by atoms with van der Waals surface area (Å²) in [6.07, 6.45) is 0. The van der Waals surface area contributed by atoms with Crippen molar-refractivity contribution in [2.75, 3.05) is 0 Å². The van der Waals surface area contributed by atoms with Crippen LogP contribution in [0.15, 0.2) is 18.2 Å². The molecule has 0 N–H and O–H groups in total. The van der Waals surface area contributed by atoms with E-state index in [0.717, 1.165) is 11.2 Å². The van der Waals surface area contributed by atoms with Crippen molar-refractivity contribution in [1.82, 2.24) is 9.97 Å². The van der Waals surface area contributed by atoms with E-state index < -0.39 is 0 Å². The van der Waals surface area contributed by atoms with E-state index in [1.807, 2.05) is 19.1 Å². The molecule has 15 heavy (non-hydrogen) atoms. The first-order valence-corrected chi connectivity index (χ1v) is 6.02. The zero-order valence-corrected chi connectivity index (χ0v) is 10.9. The van der Waals surface area contributed by atoms with Crippen LogP contribution in [0.5, 0.6) is 0 Å². The lowest BCUT2D eigenvalue weighted by Gasteiger charge is -2.07. The lowest BCUT2D eigenvalue weighted by Crippen LogP contribution is -1.96. The molecule has 1 aromatic heterocycles. The molecule has 0 bridgehead atoms. The van der Waals surface area contributed by atoms with Crippen LogP contribution in [0.2, 0.25) is 10.2 Å². The van der Waals surface area contributed by atoms with Gasteiger partial charge in [0.25, 0.3) is 0 Å². The number of alkyl halides is 1. The Bertz CT molecular complexity index is 514. The third-order valence-electron chi connectivity index (χ3n) is 2.00. The number of hydrogen-bond donors (Lipinski definition) is 0. The molecule has 1 unspecified atom stereocenters. The van der Waals surface area contributed by atoms with E-state index in [1.54, 1.807) is 6.07 Å². The number of benzene rings is 1. The average molecular weight is 306 g/mol. The summed E-state index contributed by atoms with van der Waals surface area (Å²) < 4.78 is 0. The minimum atomic E-state index is 0.0703. The standard InChI is InChI=1S/C10H7BrCl2N2/c1-5(11)8-10(13)15-9-6(12)3-2-4-7(9)14-8/h2-5H,1H3. The van der Waals surface area contributed by atoms with Gasteiger partial charge in [-0.05, 0) is 19.1 Å². The lowest BCUT2D eigenvalue weighted by atomic mass is 10.2. The molecule has 2 rings (SSSR count). The summed E-state index contributed by atoms with van der Waals surface area (Å²) >= 11 is 15.4. The summed E-state index contributed by atoms with van der Waals surface area (Å²) in [7, 11) is 0. The number of nitrogens with zero attached hydrogens (tertiary/aromatic N) is 2. The predicted octanol–water partition coefficient (Wildman–Crippen LogP) is 4.39. The molecule has 0 aliphatic heterocycles. The van der Waals surface area contributed by atoms with E-state index >= 15 is 0 Å². The molecule has 0 fully saturated rings.